The molecule has 1 fully saturated rings. The average Bonchev–Trinajstić information content (AvgIpc) is 2.39. The highest BCUT2D eigenvalue weighted by Crippen LogP contribution is 2.28. The molecule has 1 aromatic carbocycles. The van der Waals surface area contributed by atoms with E-state index in [0.717, 1.165) is 31.5 Å². The van der Waals surface area contributed by atoms with Crippen LogP contribution in [0.2, 0.25) is 0 Å². The van der Waals surface area contributed by atoms with Gasteiger partial charge in [-0.2, -0.15) is 0 Å². The van der Waals surface area contributed by atoms with E-state index in [1.807, 2.05) is 12.1 Å². The van der Waals surface area contributed by atoms with Crippen molar-refractivity contribution in [2.24, 2.45) is 11.7 Å². The van der Waals surface area contributed by atoms with E-state index in [1.54, 1.807) is 12.1 Å². The number of halogens is 1. The lowest BCUT2D eigenvalue weighted by Crippen LogP contribution is -2.34. The van der Waals surface area contributed by atoms with Gasteiger partial charge in [-0.25, -0.2) is 4.79 Å². The second-order valence-corrected chi connectivity index (χ2v) is 4.51. The highest BCUT2D eigenvalue weighted by atomic mass is 35.5. The number of piperidine rings is 1. The summed E-state index contributed by atoms with van der Waals surface area (Å²) in [6, 6.07) is 6.86. The number of nitrogens with two attached hydrogens (primary N) is 1. The van der Waals surface area contributed by atoms with Gasteiger partial charge in [0.25, 0.3) is 0 Å². The number of hydrogen-bond acceptors (Lipinski definition) is 3. The Morgan fingerprint density at radius 2 is 1.94 bits per heavy atom. The van der Waals surface area contributed by atoms with Gasteiger partial charge >= 0.3 is 5.97 Å². The Labute approximate surface area is 113 Å². The Hall–Kier alpha value is -1.10. The first-order valence-corrected chi connectivity index (χ1v) is 5.98. The van der Waals surface area contributed by atoms with Crippen molar-refractivity contribution in [3.05, 3.63) is 35.4 Å². The first kappa shape index (κ1) is 15.0. The van der Waals surface area contributed by atoms with Crippen LogP contribution in [0, 0.1) is 5.92 Å². The summed E-state index contributed by atoms with van der Waals surface area (Å²) in [6.07, 6.45) is 2.02. The zero-order valence-electron chi connectivity index (χ0n) is 10.1. The van der Waals surface area contributed by atoms with E-state index < -0.39 is 5.97 Å². The molecule has 1 heterocycles. The second-order valence-electron chi connectivity index (χ2n) is 4.51. The quantitative estimate of drug-likeness (QED) is 0.783. The summed E-state index contributed by atoms with van der Waals surface area (Å²) < 4.78 is 0. The molecule has 1 saturated heterocycles. The number of rotatable bonds is 3. The fraction of sp³-hybridized carbons (Fsp3) is 0.462. The zero-order valence-corrected chi connectivity index (χ0v) is 11.0. The molecule has 1 atom stereocenters. The van der Waals surface area contributed by atoms with Crippen molar-refractivity contribution >= 4 is 18.4 Å². The van der Waals surface area contributed by atoms with Crippen LogP contribution in [0.25, 0.3) is 0 Å². The van der Waals surface area contributed by atoms with E-state index >= 15 is 0 Å². The van der Waals surface area contributed by atoms with Crippen LogP contribution in [0.15, 0.2) is 24.3 Å². The number of carbonyl (C=O) groups is 1. The minimum absolute atomic E-state index is 0. The van der Waals surface area contributed by atoms with E-state index in [9.17, 15) is 4.79 Å². The zero-order chi connectivity index (χ0) is 12.3. The maximum atomic E-state index is 11.1. The monoisotopic (exact) mass is 270 g/mol. The lowest BCUT2D eigenvalue weighted by Gasteiger charge is -2.29. The number of aromatic carboxylic acids is 1. The number of carboxylic acid groups (broad SMARTS) is 1. The third-order valence-corrected chi connectivity index (χ3v) is 3.44. The largest absolute Gasteiger partial charge is 0.478 e. The lowest BCUT2D eigenvalue weighted by atomic mass is 9.85. The molecule has 1 aliphatic rings. The van der Waals surface area contributed by atoms with E-state index in [4.69, 9.17) is 10.8 Å². The molecule has 4 N–H and O–H groups in total. The van der Waals surface area contributed by atoms with Crippen molar-refractivity contribution in [3.8, 4) is 0 Å². The highest BCUT2D eigenvalue weighted by molar-refractivity contribution is 5.89. The Kier molecular flexibility index (Phi) is 5.59. The van der Waals surface area contributed by atoms with Gasteiger partial charge in [-0.05, 0) is 43.5 Å². The molecule has 0 saturated carbocycles. The first-order valence-electron chi connectivity index (χ1n) is 5.98. The Balaban J connectivity index is 0.00000162. The molecule has 0 unspecified atom stereocenters. The van der Waals surface area contributed by atoms with E-state index in [2.05, 4.69) is 5.32 Å². The van der Waals surface area contributed by atoms with Crippen LogP contribution in [-0.2, 0) is 0 Å². The van der Waals surface area contributed by atoms with Gasteiger partial charge < -0.3 is 16.2 Å². The van der Waals surface area contributed by atoms with Gasteiger partial charge in [-0.1, -0.05) is 18.2 Å². The van der Waals surface area contributed by atoms with Gasteiger partial charge in [0, 0.05) is 6.04 Å². The van der Waals surface area contributed by atoms with Gasteiger partial charge in [0.1, 0.15) is 0 Å². The van der Waals surface area contributed by atoms with Gasteiger partial charge in [0.2, 0.25) is 0 Å². The number of nitrogens with one attached hydrogen (secondary N) is 1. The summed E-state index contributed by atoms with van der Waals surface area (Å²) in [4.78, 5) is 11.1. The minimum atomic E-state index is -0.898. The van der Waals surface area contributed by atoms with Crippen LogP contribution in [0.5, 0.6) is 0 Å². The van der Waals surface area contributed by atoms with E-state index in [1.165, 1.54) is 0 Å². The molecule has 1 aliphatic heterocycles. The van der Waals surface area contributed by atoms with Crippen LogP contribution in [0.4, 0.5) is 0 Å². The summed E-state index contributed by atoms with van der Waals surface area (Å²) >= 11 is 0. The van der Waals surface area contributed by atoms with Crippen LogP contribution in [0.1, 0.15) is 34.8 Å². The predicted octanol–water partition coefficient (Wildman–Crippen LogP) is 1.81. The average molecular weight is 271 g/mol. The van der Waals surface area contributed by atoms with Crippen LogP contribution >= 0.6 is 12.4 Å². The molecule has 18 heavy (non-hydrogen) atoms. The summed E-state index contributed by atoms with van der Waals surface area (Å²) in [7, 11) is 0. The third-order valence-electron chi connectivity index (χ3n) is 3.44. The minimum Gasteiger partial charge on any atom is -0.478 e. The molecule has 4 nitrogen and oxygen atoms in total. The number of benzene rings is 1. The Bertz CT molecular complexity index is 406. The SMILES string of the molecule is Cl.N[C@@H](c1ccccc1C(=O)O)C1CCNCC1. The lowest BCUT2D eigenvalue weighted by molar-refractivity contribution is 0.0694. The molecule has 0 bridgehead atoms. The highest BCUT2D eigenvalue weighted by Gasteiger charge is 2.24. The molecule has 1 aromatic rings. The fourth-order valence-electron chi connectivity index (χ4n) is 2.44. The Morgan fingerprint density at radius 1 is 1.33 bits per heavy atom. The van der Waals surface area contributed by atoms with Crippen molar-refractivity contribution in [1.29, 1.82) is 0 Å². The van der Waals surface area contributed by atoms with Crippen molar-refractivity contribution in [1.82, 2.24) is 5.32 Å². The third kappa shape index (κ3) is 3.22. The predicted molar refractivity (Wildman–Crippen MR) is 73.2 cm³/mol. The summed E-state index contributed by atoms with van der Waals surface area (Å²) in [5.74, 6) is -0.526. The Morgan fingerprint density at radius 3 is 2.56 bits per heavy atom. The molecule has 5 heteroatoms. The molecular weight excluding hydrogens is 252 g/mol. The molecule has 100 valence electrons. The summed E-state index contributed by atoms with van der Waals surface area (Å²) in [5.41, 5.74) is 7.31. The fourth-order valence-corrected chi connectivity index (χ4v) is 2.44. The molecule has 0 spiro atoms. The van der Waals surface area contributed by atoms with Gasteiger partial charge in [-0.15, -0.1) is 12.4 Å². The van der Waals surface area contributed by atoms with Crippen LogP contribution in [-0.4, -0.2) is 24.2 Å². The van der Waals surface area contributed by atoms with Gasteiger partial charge in [0.15, 0.2) is 0 Å². The van der Waals surface area contributed by atoms with E-state index in [0.29, 0.717) is 11.5 Å². The van der Waals surface area contributed by atoms with Crippen LogP contribution < -0.4 is 11.1 Å². The number of carboxylic acids is 1. The topological polar surface area (TPSA) is 75.4 Å². The van der Waals surface area contributed by atoms with Gasteiger partial charge in [0.05, 0.1) is 5.56 Å². The normalized spacial score (nSPS) is 17.8. The van der Waals surface area contributed by atoms with Crippen molar-refractivity contribution in [2.45, 2.75) is 18.9 Å². The molecule has 2 rings (SSSR count). The van der Waals surface area contributed by atoms with E-state index in [-0.39, 0.29) is 18.4 Å². The van der Waals surface area contributed by atoms with Crippen molar-refractivity contribution in [3.63, 3.8) is 0 Å². The summed E-state index contributed by atoms with van der Waals surface area (Å²) in [6.45, 7) is 1.93. The number of hydrogen-bond donors (Lipinski definition) is 3. The standard InChI is InChI=1S/C13H18N2O2.ClH/c14-12(9-5-7-15-8-6-9)10-3-1-2-4-11(10)13(16)17;/h1-4,9,12,15H,5-8,14H2,(H,16,17);1H/t12-;/m1./s1. The second kappa shape index (κ2) is 6.73. The molecule has 0 radical (unpaired) electrons. The van der Waals surface area contributed by atoms with Gasteiger partial charge in [-0.3, -0.25) is 0 Å². The molecule has 0 aliphatic carbocycles. The van der Waals surface area contributed by atoms with Crippen molar-refractivity contribution < 1.29 is 9.90 Å². The molecular formula is C13H19ClN2O2. The summed E-state index contributed by atoms with van der Waals surface area (Å²) in [5, 5.41) is 12.4. The smallest absolute Gasteiger partial charge is 0.336 e. The van der Waals surface area contributed by atoms with Crippen molar-refractivity contribution in [2.75, 3.05) is 13.1 Å². The first-order chi connectivity index (χ1) is 8.20. The molecule has 0 amide bonds. The maximum Gasteiger partial charge on any atom is 0.336 e. The maximum absolute atomic E-state index is 11.1. The molecule has 0 aromatic heterocycles. The van der Waals surface area contributed by atoms with Crippen LogP contribution in [0.3, 0.4) is 0 Å².